The molecule has 51 heavy (non-hydrogen) atoms. The Hall–Kier alpha value is -4.93. The number of ketones is 2. The monoisotopic (exact) mass is 716 g/mol. The second-order valence-electron chi connectivity index (χ2n) is 14.1. The van der Waals surface area contributed by atoms with Gasteiger partial charge >= 0.3 is 0 Å². The largest absolute Gasteiger partial charge is 0.497 e. The van der Waals surface area contributed by atoms with Crippen molar-refractivity contribution in [2.24, 2.45) is 10.8 Å². The lowest BCUT2D eigenvalue weighted by molar-refractivity contribution is 0.0803. The first kappa shape index (κ1) is 34.5. The fourth-order valence-corrected chi connectivity index (χ4v) is 8.09. The molecule has 0 amide bonds. The van der Waals surface area contributed by atoms with Gasteiger partial charge in [0, 0.05) is 34.4 Å². The Morgan fingerprint density at radius 3 is 1.65 bits per heavy atom. The number of hydrogen-bond donors (Lipinski definition) is 0. The Labute approximate surface area is 304 Å². The predicted octanol–water partition coefficient (Wildman–Crippen LogP) is 10.2. The van der Waals surface area contributed by atoms with Crippen LogP contribution in [0, 0.1) is 16.6 Å². The number of halogens is 1. The van der Waals surface area contributed by atoms with Gasteiger partial charge in [-0.3, -0.25) is 9.59 Å². The highest BCUT2D eigenvalue weighted by Gasteiger charge is 2.36. The third-order valence-corrected chi connectivity index (χ3v) is 11.7. The van der Waals surface area contributed by atoms with Crippen LogP contribution in [0.25, 0.3) is 42.3 Å². The van der Waals surface area contributed by atoms with Gasteiger partial charge in [0.25, 0.3) is 0 Å². The Bertz CT molecular complexity index is 2290. The Kier molecular flexibility index (Phi) is 9.24. The molecule has 2 aliphatic carbocycles. The number of methoxy groups -OCH3 is 1. The number of pyridine rings is 2. The fourth-order valence-electron chi connectivity index (χ4n) is 6.32. The topological polar surface area (TPSA) is 94.9 Å². The van der Waals surface area contributed by atoms with Crippen molar-refractivity contribution < 1.29 is 18.7 Å². The number of aromatic nitrogens is 4. The van der Waals surface area contributed by atoms with Gasteiger partial charge < -0.3 is 4.74 Å². The summed E-state index contributed by atoms with van der Waals surface area (Å²) in [6.45, 7) is 7.98. The number of nitrogens with zero attached hydrogens (tertiary/aromatic N) is 4. The molecule has 0 fully saturated rings. The summed E-state index contributed by atoms with van der Waals surface area (Å²) in [6.07, 6.45) is 6.87. The SMILES string of the molecule is CC1(C)CCc2nc(-c3ncc(-c4cccc(F)c4)s3)ccc2C1=O.COc1cccc(-c2cnc(-c3ccc4c(n3)CCC(C)(C)C4=O)s2)c1. The first-order valence-electron chi connectivity index (χ1n) is 16.8. The number of carbonyl (C=O) groups is 2. The van der Waals surface area contributed by atoms with E-state index in [2.05, 4.69) is 15.0 Å². The predicted molar refractivity (Wildman–Crippen MR) is 201 cm³/mol. The molecule has 2 aliphatic rings. The van der Waals surface area contributed by atoms with Gasteiger partial charge in [0.05, 0.1) is 39.6 Å². The van der Waals surface area contributed by atoms with E-state index in [4.69, 9.17) is 9.72 Å². The molecule has 0 radical (unpaired) electrons. The van der Waals surface area contributed by atoms with Crippen LogP contribution in [0.5, 0.6) is 5.75 Å². The number of Topliss-reactive ketones (excluding diaryl/α,β-unsaturated/α-hetero) is 2. The molecular formula is C41H37FN4O3S2. The maximum atomic E-state index is 13.4. The van der Waals surface area contributed by atoms with E-state index < -0.39 is 0 Å². The summed E-state index contributed by atoms with van der Waals surface area (Å²) in [4.78, 5) is 45.5. The molecule has 6 aromatic rings. The van der Waals surface area contributed by atoms with E-state index in [0.717, 1.165) is 96.2 Å². The number of carbonyl (C=O) groups excluding carboxylic acids is 2. The first-order valence-corrected chi connectivity index (χ1v) is 18.5. The summed E-state index contributed by atoms with van der Waals surface area (Å²) < 4.78 is 18.7. The minimum Gasteiger partial charge on any atom is -0.497 e. The molecule has 0 N–H and O–H groups in total. The van der Waals surface area contributed by atoms with E-state index in [0.29, 0.717) is 0 Å². The molecule has 8 rings (SSSR count). The average Bonchev–Trinajstić information content (AvgIpc) is 3.84. The summed E-state index contributed by atoms with van der Waals surface area (Å²) in [6, 6.07) is 22.0. The second-order valence-corrected chi connectivity index (χ2v) is 16.2. The molecule has 0 saturated carbocycles. The Morgan fingerprint density at radius 2 is 1.16 bits per heavy atom. The standard InChI is InChI=1S/C21H20N2O2S.C20H17FN2OS/c1-21(2)10-9-16-15(19(21)24)7-8-17(23-16)20-22-12-18(26-20)13-5-4-6-14(11-13)25-3;1-20(2)9-8-15-14(18(20)24)6-7-16(23-15)19-22-11-17(25-19)12-4-3-5-13(21)10-12/h4-8,11-12H,9-10H2,1-3H3;3-7,10-11H,8-9H2,1-2H3. The van der Waals surface area contributed by atoms with Crippen LogP contribution in [0.1, 0.15) is 72.6 Å². The van der Waals surface area contributed by atoms with Gasteiger partial charge in [-0.05, 0) is 85.3 Å². The average molecular weight is 717 g/mol. The molecule has 2 aromatic carbocycles. The van der Waals surface area contributed by atoms with E-state index in [1.807, 2.05) is 88.5 Å². The van der Waals surface area contributed by atoms with Crippen LogP contribution in [0.2, 0.25) is 0 Å². The Balaban J connectivity index is 0.000000159. The minimum absolute atomic E-state index is 0.160. The van der Waals surface area contributed by atoms with Gasteiger partial charge in [-0.2, -0.15) is 0 Å². The smallest absolute Gasteiger partial charge is 0.170 e. The zero-order valence-electron chi connectivity index (χ0n) is 29.1. The molecule has 0 aliphatic heterocycles. The van der Waals surface area contributed by atoms with Crippen molar-refractivity contribution in [3.63, 3.8) is 0 Å². The molecular weight excluding hydrogens is 680 g/mol. The highest BCUT2D eigenvalue weighted by Crippen LogP contribution is 2.38. The van der Waals surface area contributed by atoms with Crippen molar-refractivity contribution in [1.29, 1.82) is 0 Å². The maximum absolute atomic E-state index is 13.4. The summed E-state index contributed by atoms with van der Waals surface area (Å²) in [5, 5.41) is 1.64. The number of hydrogen-bond acceptors (Lipinski definition) is 9. The zero-order chi connectivity index (χ0) is 35.9. The van der Waals surface area contributed by atoms with Crippen molar-refractivity contribution in [3.05, 3.63) is 114 Å². The third-order valence-electron chi connectivity index (χ3n) is 9.55. The number of rotatable bonds is 5. The molecule has 7 nitrogen and oxygen atoms in total. The molecule has 0 bridgehead atoms. The van der Waals surface area contributed by atoms with Gasteiger partial charge in [0.15, 0.2) is 11.6 Å². The van der Waals surface area contributed by atoms with Crippen molar-refractivity contribution in [3.8, 4) is 48.0 Å². The van der Waals surface area contributed by atoms with Crippen molar-refractivity contribution in [2.75, 3.05) is 7.11 Å². The maximum Gasteiger partial charge on any atom is 0.170 e. The Morgan fingerprint density at radius 1 is 0.667 bits per heavy atom. The van der Waals surface area contributed by atoms with Gasteiger partial charge in [-0.15, -0.1) is 22.7 Å². The molecule has 0 atom stereocenters. The molecule has 0 spiro atoms. The number of fused-ring (bicyclic) bond motifs is 2. The lowest BCUT2D eigenvalue weighted by atomic mass is 9.75. The summed E-state index contributed by atoms with van der Waals surface area (Å²) in [5.74, 6) is 0.910. The summed E-state index contributed by atoms with van der Waals surface area (Å²) in [5.41, 5.74) is 6.08. The van der Waals surface area contributed by atoms with Crippen LogP contribution in [0.15, 0.2) is 85.2 Å². The fraction of sp³-hybridized carbons (Fsp3) is 0.268. The first-order chi connectivity index (χ1) is 24.4. The van der Waals surface area contributed by atoms with Crippen molar-refractivity contribution in [2.45, 2.75) is 53.4 Å². The lowest BCUT2D eigenvalue weighted by Gasteiger charge is -2.28. The van der Waals surface area contributed by atoms with Crippen LogP contribution >= 0.6 is 22.7 Å². The highest BCUT2D eigenvalue weighted by molar-refractivity contribution is 7.18. The van der Waals surface area contributed by atoms with E-state index in [-0.39, 0.29) is 28.2 Å². The van der Waals surface area contributed by atoms with E-state index in [1.165, 1.54) is 23.5 Å². The quantitative estimate of drug-likeness (QED) is 0.175. The number of aryl methyl sites for hydroxylation is 2. The van der Waals surface area contributed by atoms with Crippen molar-refractivity contribution >= 4 is 34.2 Å². The molecule has 258 valence electrons. The number of benzene rings is 2. The minimum atomic E-state index is -0.318. The van der Waals surface area contributed by atoms with Gasteiger partial charge in [0.1, 0.15) is 21.6 Å². The molecule has 0 unspecified atom stereocenters. The van der Waals surface area contributed by atoms with Crippen LogP contribution in [-0.2, 0) is 12.8 Å². The van der Waals surface area contributed by atoms with Crippen LogP contribution < -0.4 is 4.74 Å². The normalized spacial score (nSPS) is 15.7. The molecule has 0 saturated heterocycles. The van der Waals surface area contributed by atoms with E-state index in [9.17, 15) is 14.0 Å². The van der Waals surface area contributed by atoms with E-state index in [1.54, 1.807) is 30.7 Å². The molecule has 4 aromatic heterocycles. The lowest BCUT2D eigenvalue weighted by Crippen LogP contribution is -2.31. The number of thiazole rings is 2. The number of ether oxygens (including phenoxy) is 1. The van der Waals surface area contributed by atoms with Crippen LogP contribution in [-0.4, -0.2) is 38.6 Å². The highest BCUT2D eigenvalue weighted by atomic mass is 32.1. The van der Waals surface area contributed by atoms with Crippen molar-refractivity contribution in [1.82, 2.24) is 19.9 Å². The van der Waals surface area contributed by atoms with Gasteiger partial charge in [-0.25, -0.2) is 24.3 Å². The van der Waals surface area contributed by atoms with E-state index >= 15 is 0 Å². The van der Waals surface area contributed by atoms with Gasteiger partial charge in [0.2, 0.25) is 0 Å². The van der Waals surface area contributed by atoms with Crippen LogP contribution in [0.3, 0.4) is 0 Å². The summed E-state index contributed by atoms with van der Waals surface area (Å²) >= 11 is 3.07. The molecule has 4 heterocycles. The van der Waals surface area contributed by atoms with Crippen LogP contribution in [0.4, 0.5) is 4.39 Å². The summed E-state index contributed by atoms with van der Waals surface area (Å²) in [7, 11) is 1.66. The van der Waals surface area contributed by atoms with Gasteiger partial charge in [-0.1, -0.05) is 52.0 Å². The second kappa shape index (κ2) is 13.7. The zero-order valence-corrected chi connectivity index (χ0v) is 30.8. The third kappa shape index (κ3) is 7.03. The molecule has 10 heteroatoms.